The van der Waals surface area contributed by atoms with E-state index in [0.717, 1.165) is 0 Å². The summed E-state index contributed by atoms with van der Waals surface area (Å²) in [6.45, 7) is 6.76. The van der Waals surface area contributed by atoms with Gasteiger partial charge in [-0.05, 0) is 12.1 Å². The zero-order valence-electron chi connectivity index (χ0n) is 12.0. The summed E-state index contributed by atoms with van der Waals surface area (Å²) in [6.07, 6.45) is 3.50. The molecule has 1 heterocycles. The van der Waals surface area contributed by atoms with Gasteiger partial charge in [-0.3, -0.25) is 4.98 Å². The molecule has 0 bridgehead atoms. The van der Waals surface area contributed by atoms with Gasteiger partial charge >= 0.3 is 40.5 Å². The third kappa shape index (κ3) is 128. The van der Waals surface area contributed by atoms with Gasteiger partial charge in [0.15, 0.2) is 0 Å². The Morgan fingerprint density at radius 3 is 0.900 bits per heavy atom. The largest absolute Gasteiger partial charge is 2.00 e. The third-order valence-corrected chi connectivity index (χ3v) is 0.566. The minimum atomic E-state index is 0. The van der Waals surface area contributed by atoms with Crippen molar-refractivity contribution in [2.45, 2.75) is 27.7 Å². The predicted octanol–water partition coefficient (Wildman–Crippen LogP) is 4.61. The summed E-state index contributed by atoms with van der Waals surface area (Å²) in [4.78, 5) is 3.78. The molecule has 20 heavy (non-hydrogen) atoms. The molecule has 0 N–H and O–H groups in total. The van der Waals surface area contributed by atoms with Crippen LogP contribution in [-0.2, 0) is 40.5 Å². The van der Waals surface area contributed by atoms with Crippen molar-refractivity contribution in [2.24, 2.45) is 0 Å². The van der Waals surface area contributed by atoms with Gasteiger partial charge in [0.2, 0.25) is 0 Å². The number of nitrogens with zero attached hydrogens (tertiary/aromatic N) is 1. The van der Waals surface area contributed by atoms with Crippen LogP contribution in [0.3, 0.4) is 0 Å². The van der Waals surface area contributed by atoms with Gasteiger partial charge in [0, 0.05) is 12.4 Å². The van der Waals surface area contributed by atoms with Crippen molar-refractivity contribution < 1.29 is 40.5 Å². The van der Waals surface area contributed by atoms with Crippen molar-refractivity contribution in [1.82, 2.24) is 4.98 Å². The van der Waals surface area contributed by atoms with Crippen LogP contribution >= 0.6 is 48.9 Å². The topological polar surface area (TPSA) is 12.9 Å². The van der Waals surface area contributed by atoms with E-state index >= 15 is 0 Å². The molecule has 0 saturated carbocycles. The Morgan fingerprint density at radius 1 is 0.650 bits per heavy atom. The fourth-order valence-electron chi connectivity index (χ4n) is 0.313. The number of pyridine rings is 1. The molecule has 1 aromatic rings. The van der Waals surface area contributed by atoms with E-state index in [0.29, 0.717) is 0 Å². The van der Waals surface area contributed by atoms with Crippen molar-refractivity contribution in [1.29, 1.82) is 0 Å². The quantitative estimate of drug-likeness (QED) is 0.254. The van der Waals surface area contributed by atoms with Crippen LogP contribution in [0.15, 0.2) is 30.6 Å². The molecule has 0 amide bonds. The van der Waals surface area contributed by atoms with E-state index in [2.05, 4.69) is 75.3 Å². The Kier molecular flexibility index (Phi) is 112. The van der Waals surface area contributed by atoms with Crippen LogP contribution in [0.1, 0.15) is 27.7 Å². The van der Waals surface area contributed by atoms with Gasteiger partial charge in [-0.1, -0.05) is 6.07 Å². The monoisotopic (exact) mass is 574 g/mol. The fraction of sp³-hybridized carbons (Fsp3) is 0.308. The molecular weight excluding hydrogens is 559 g/mol. The molecule has 0 aliphatic carbocycles. The second-order valence-corrected chi connectivity index (χ2v) is 3.47. The first-order chi connectivity index (χ1) is 8.66. The number of thiocarbonyl (C=S) groups is 4. The van der Waals surface area contributed by atoms with Crippen LogP contribution in [0.25, 0.3) is 0 Å². The summed E-state index contributed by atoms with van der Waals surface area (Å²) in [5, 5.41) is 9.33. The SMILES string of the molecule is C[C-]=S.C[C-]=S.C[C-]=S.C[C-]=S.[Pt+2].[Zn+2].c1ccncc1. The Morgan fingerprint density at radius 2 is 0.850 bits per heavy atom. The van der Waals surface area contributed by atoms with Crippen molar-refractivity contribution in [3.63, 3.8) is 0 Å². The zero-order chi connectivity index (χ0) is 15.1. The van der Waals surface area contributed by atoms with Crippen molar-refractivity contribution in [3.8, 4) is 0 Å². The van der Waals surface area contributed by atoms with Crippen molar-refractivity contribution >= 4 is 70.3 Å². The van der Waals surface area contributed by atoms with E-state index < -0.39 is 0 Å². The van der Waals surface area contributed by atoms with Crippen LogP contribution < -0.4 is 0 Å². The van der Waals surface area contributed by atoms with Gasteiger partial charge in [-0.25, -0.2) is 0 Å². The van der Waals surface area contributed by atoms with Crippen LogP contribution in [-0.4, -0.2) is 26.5 Å². The fourth-order valence-corrected chi connectivity index (χ4v) is 0.313. The average Bonchev–Trinajstić information content (AvgIpc) is 2.35. The molecule has 0 aliphatic heterocycles. The van der Waals surface area contributed by atoms with Crippen LogP contribution in [0.2, 0.25) is 0 Å². The van der Waals surface area contributed by atoms with E-state index in [9.17, 15) is 0 Å². The average molecular weight is 576 g/mol. The first-order valence-electron chi connectivity index (χ1n) is 4.67. The van der Waals surface area contributed by atoms with Gasteiger partial charge in [-0.15, -0.1) is 0 Å². The minimum Gasteiger partial charge on any atom is -0.428 e. The van der Waals surface area contributed by atoms with E-state index in [1.165, 1.54) is 0 Å². The molecule has 0 atom stereocenters. The van der Waals surface area contributed by atoms with Crippen LogP contribution in [0.5, 0.6) is 0 Å². The molecule has 0 fully saturated rings. The van der Waals surface area contributed by atoms with Crippen LogP contribution in [0.4, 0.5) is 0 Å². The molecule has 0 unspecified atom stereocenters. The molecule has 0 saturated heterocycles. The summed E-state index contributed by atoms with van der Waals surface area (Å²) in [7, 11) is 0. The molecule has 1 nitrogen and oxygen atoms in total. The molecule has 1 aromatic heterocycles. The van der Waals surface area contributed by atoms with E-state index in [-0.39, 0.29) is 40.5 Å². The van der Waals surface area contributed by atoms with Crippen molar-refractivity contribution in [3.05, 3.63) is 30.6 Å². The summed E-state index contributed by atoms with van der Waals surface area (Å²) in [5.41, 5.74) is 0. The molecule has 0 radical (unpaired) electrons. The maximum atomic E-state index is 4.14. The standard InChI is InChI=1S/C5H5N.4C2H3S.Pt.Zn/c1-2-4-6-5-3-1;4*1-2-3;;/h1-5H;4*1H3;;/q;4*-1;2*+2. The molecule has 110 valence electrons. The molecule has 0 aliphatic rings. The first kappa shape index (κ1) is 37.2. The maximum Gasteiger partial charge on any atom is 2.00 e. The van der Waals surface area contributed by atoms with Gasteiger partial charge in [0.25, 0.3) is 0 Å². The second-order valence-electron chi connectivity index (χ2n) is 1.84. The predicted molar refractivity (Wildman–Crippen MR) is 97.3 cm³/mol. The zero-order valence-corrected chi connectivity index (χ0v) is 20.5. The smallest absolute Gasteiger partial charge is 0.428 e. The van der Waals surface area contributed by atoms with E-state index in [4.69, 9.17) is 0 Å². The van der Waals surface area contributed by atoms with E-state index in [1.807, 2.05) is 18.2 Å². The van der Waals surface area contributed by atoms with Gasteiger partial charge in [0.1, 0.15) is 0 Å². The Hall–Kier alpha value is 0.822. The Bertz CT molecular complexity index is 211. The molecule has 7 heteroatoms. The number of aromatic nitrogens is 1. The normalized spacial score (nSPS) is 5.00. The Labute approximate surface area is 172 Å². The van der Waals surface area contributed by atoms with Crippen molar-refractivity contribution in [2.75, 3.05) is 0 Å². The van der Waals surface area contributed by atoms with Gasteiger partial charge in [-0.2, -0.15) is 27.7 Å². The summed E-state index contributed by atoms with van der Waals surface area (Å²) in [6, 6.07) is 5.72. The van der Waals surface area contributed by atoms with Gasteiger partial charge in [0.05, 0.1) is 0 Å². The number of rotatable bonds is 0. The first-order valence-corrected chi connectivity index (χ1v) is 6.30. The maximum absolute atomic E-state index is 4.14. The summed E-state index contributed by atoms with van der Waals surface area (Å²) < 4.78 is 0. The number of hydrogen-bond donors (Lipinski definition) is 0. The third-order valence-electron chi connectivity index (χ3n) is 0.566. The molecule has 0 spiro atoms. The van der Waals surface area contributed by atoms with Crippen LogP contribution in [0, 0.1) is 0 Å². The minimum absolute atomic E-state index is 0. The Balaban J connectivity index is -0.0000000315. The van der Waals surface area contributed by atoms with Gasteiger partial charge < -0.3 is 70.3 Å². The molecule has 1 rings (SSSR count). The second kappa shape index (κ2) is 60.0. The number of hydrogen-bond acceptors (Lipinski definition) is 5. The molecule has 0 aromatic carbocycles. The summed E-state index contributed by atoms with van der Waals surface area (Å²) >= 11 is 16.6. The molecular formula is C13H17NPtS4Zn. The van der Waals surface area contributed by atoms with E-state index in [1.54, 1.807) is 40.1 Å². The summed E-state index contributed by atoms with van der Waals surface area (Å²) in [5.74, 6) is 0.